The van der Waals surface area contributed by atoms with Gasteiger partial charge in [-0.05, 0) is 59.7 Å². The van der Waals surface area contributed by atoms with E-state index >= 15 is 0 Å². The van der Waals surface area contributed by atoms with Gasteiger partial charge in [-0.15, -0.1) is 0 Å². The molecule has 4 heteroatoms. The normalized spacial score (nSPS) is 11.6. The van der Waals surface area contributed by atoms with Gasteiger partial charge in [0.25, 0.3) is 0 Å². The van der Waals surface area contributed by atoms with E-state index < -0.39 is 0 Å². The average molecular weight is 715 g/mol. The highest BCUT2D eigenvalue weighted by atomic mass is 15.0. The minimum absolute atomic E-state index is 0.685. The van der Waals surface area contributed by atoms with E-state index in [1.54, 1.807) is 0 Å². The molecule has 11 aromatic rings. The third-order valence-corrected chi connectivity index (χ3v) is 10.9. The second kappa shape index (κ2) is 13.1. The lowest BCUT2D eigenvalue weighted by Gasteiger charge is -2.16. The lowest BCUT2D eigenvalue weighted by atomic mass is 10.0. The van der Waals surface area contributed by atoms with Crippen molar-refractivity contribution in [3.8, 4) is 56.4 Å². The second-order valence-corrected chi connectivity index (χ2v) is 14.2. The minimum Gasteiger partial charge on any atom is -0.309 e. The van der Waals surface area contributed by atoms with E-state index in [0.29, 0.717) is 5.82 Å². The monoisotopic (exact) mass is 714 g/mol. The number of benzene rings is 8. The van der Waals surface area contributed by atoms with Crippen LogP contribution in [-0.2, 0) is 0 Å². The van der Waals surface area contributed by atoms with E-state index in [1.165, 1.54) is 38.1 Å². The molecule has 0 radical (unpaired) electrons. The van der Waals surface area contributed by atoms with E-state index in [1.807, 2.05) is 12.1 Å². The molecular formula is C52H34N4. The Hall–Kier alpha value is -7.56. The molecule has 3 heterocycles. The van der Waals surface area contributed by atoms with Gasteiger partial charge in [0.1, 0.15) is 0 Å². The fourth-order valence-corrected chi connectivity index (χ4v) is 8.44. The standard InChI is InChI=1S/C52H34N4/c1-4-17-35(18-5-1)37-21-16-22-38(33-37)52-53-44(36-19-6-2-7-20-36)34-45(54-52)42-26-11-14-29-47(42)56-46-28-13-10-25-40(46)41-31-32-49-50(51(41)56)43-27-12-15-30-48(43)55(49)39-23-8-3-9-24-39/h1-34H. The summed E-state index contributed by atoms with van der Waals surface area (Å²) in [5, 5.41) is 4.86. The number of rotatable bonds is 6. The molecule has 3 aromatic heterocycles. The quantitative estimate of drug-likeness (QED) is 0.172. The molecule has 0 aliphatic rings. The number of hydrogen-bond acceptors (Lipinski definition) is 2. The summed E-state index contributed by atoms with van der Waals surface area (Å²) in [7, 11) is 0. The predicted octanol–water partition coefficient (Wildman–Crippen LogP) is 13.3. The summed E-state index contributed by atoms with van der Waals surface area (Å²) in [5.41, 5.74) is 13.9. The minimum atomic E-state index is 0.685. The number of nitrogens with zero attached hydrogens (tertiary/aromatic N) is 4. The first kappa shape index (κ1) is 31.9. The summed E-state index contributed by atoms with van der Waals surface area (Å²) >= 11 is 0. The van der Waals surface area contributed by atoms with Crippen LogP contribution in [0.2, 0.25) is 0 Å². The second-order valence-electron chi connectivity index (χ2n) is 14.2. The molecule has 0 spiro atoms. The Kier molecular flexibility index (Phi) is 7.46. The molecule has 0 unspecified atom stereocenters. The van der Waals surface area contributed by atoms with Crippen molar-refractivity contribution < 1.29 is 0 Å². The molecule has 8 aromatic carbocycles. The Bertz CT molecular complexity index is 3230. The van der Waals surface area contributed by atoms with Crippen molar-refractivity contribution in [2.24, 2.45) is 0 Å². The van der Waals surface area contributed by atoms with Crippen LogP contribution in [0.1, 0.15) is 0 Å². The van der Waals surface area contributed by atoms with Crippen molar-refractivity contribution in [2.75, 3.05) is 0 Å². The van der Waals surface area contributed by atoms with Gasteiger partial charge in [-0.2, -0.15) is 0 Å². The summed E-state index contributed by atoms with van der Waals surface area (Å²) in [5.74, 6) is 0.685. The molecule has 0 fully saturated rings. The zero-order valence-electron chi connectivity index (χ0n) is 30.4. The summed E-state index contributed by atoms with van der Waals surface area (Å²) in [6, 6.07) is 73.1. The van der Waals surface area contributed by atoms with Gasteiger partial charge in [-0.1, -0.05) is 158 Å². The smallest absolute Gasteiger partial charge is 0.160 e. The van der Waals surface area contributed by atoms with E-state index in [9.17, 15) is 0 Å². The van der Waals surface area contributed by atoms with E-state index in [-0.39, 0.29) is 0 Å². The average Bonchev–Trinajstić information content (AvgIpc) is 3.80. The number of aromatic nitrogens is 4. The Balaban J connectivity index is 1.20. The Morgan fingerprint density at radius 3 is 1.71 bits per heavy atom. The SMILES string of the molecule is c1ccc(-c2cccc(-c3nc(-c4ccccc4)cc(-c4ccccc4-n4c5ccccc5c5ccc6c(c7ccccc7n6-c6ccccc6)c54)n3)c2)cc1. The molecule has 0 amide bonds. The first-order valence-corrected chi connectivity index (χ1v) is 19.0. The molecule has 0 aliphatic heterocycles. The van der Waals surface area contributed by atoms with Gasteiger partial charge in [0.05, 0.1) is 39.1 Å². The van der Waals surface area contributed by atoms with Crippen molar-refractivity contribution in [1.82, 2.24) is 19.1 Å². The van der Waals surface area contributed by atoms with Crippen LogP contribution in [0.3, 0.4) is 0 Å². The summed E-state index contributed by atoms with van der Waals surface area (Å²) in [6.45, 7) is 0. The van der Waals surface area contributed by atoms with Gasteiger partial charge in [0.15, 0.2) is 5.82 Å². The molecular weight excluding hydrogens is 681 g/mol. The van der Waals surface area contributed by atoms with Crippen molar-refractivity contribution in [2.45, 2.75) is 0 Å². The fraction of sp³-hybridized carbons (Fsp3) is 0. The Labute approximate surface area is 324 Å². The number of fused-ring (bicyclic) bond motifs is 7. The first-order valence-electron chi connectivity index (χ1n) is 19.0. The molecule has 56 heavy (non-hydrogen) atoms. The van der Waals surface area contributed by atoms with Crippen LogP contribution in [0.15, 0.2) is 206 Å². The highest BCUT2D eigenvalue weighted by molar-refractivity contribution is 6.26. The molecule has 0 aliphatic carbocycles. The van der Waals surface area contributed by atoms with E-state index in [0.717, 1.165) is 56.1 Å². The topological polar surface area (TPSA) is 35.6 Å². The van der Waals surface area contributed by atoms with Crippen LogP contribution >= 0.6 is 0 Å². The zero-order valence-corrected chi connectivity index (χ0v) is 30.4. The first-order chi connectivity index (χ1) is 27.8. The maximum absolute atomic E-state index is 5.39. The number of hydrogen-bond donors (Lipinski definition) is 0. The van der Waals surface area contributed by atoms with Gasteiger partial charge < -0.3 is 9.13 Å². The largest absolute Gasteiger partial charge is 0.309 e. The maximum Gasteiger partial charge on any atom is 0.160 e. The summed E-state index contributed by atoms with van der Waals surface area (Å²) in [4.78, 5) is 10.6. The highest BCUT2D eigenvalue weighted by Crippen LogP contribution is 2.43. The molecule has 262 valence electrons. The van der Waals surface area contributed by atoms with Crippen LogP contribution in [-0.4, -0.2) is 19.1 Å². The lowest BCUT2D eigenvalue weighted by Crippen LogP contribution is -2.01. The molecule has 0 saturated heterocycles. The molecule has 0 N–H and O–H groups in total. The predicted molar refractivity (Wildman–Crippen MR) is 232 cm³/mol. The third-order valence-electron chi connectivity index (χ3n) is 10.9. The van der Waals surface area contributed by atoms with Crippen LogP contribution in [0.4, 0.5) is 0 Å². The lowest BCUT2D eigenvalue weighted by molar-refractivity contribution is 1.15. The number of para-hydroxylation sites is 4. The molecule has 11 rings (SSSR count). The van der Waals surface area contributed by atoms with Crippen molar-refractivity contribution in [3.05, 3.63) is 206 Å². The molecule has 0 bridgehead atoms. The van der Waals surface area contributed by atoms with Gasteiger partial charge in [0, 0.05) is 43.9 Å². The van der Waals surface area contributed by atoms with Crippen molar-refractivity contribution >= 4 is 43.6 Å². The van der Waals surface area contributed by atoms with Crippen LogP contribution < -0.4 is 0 Å². The highest BCUT2D eigenvalue weighted by Gasteiger charge is 2.23. The zero-order chi connectivity index (χ0) is 37.0. The van der Waals surface area contributed by atoms with E-state index in [2.05, 4.69) is 203 Å². The maximum atomic E-state index is 5.39. The Morgan fingerprint density at radius 1 is 0.339 bits per heavy atom. The van der Waals surface area contributed by atoms with Crippen LogP contribution in [0.5, 0.6) is 0 Å². The molecule has 4 nitrogen and oxygen atoms in total. The van der Waals surface area contributed by atoms with Crippen LogP contribution in [0.25, 0.3) is 100 Å². The fourth-order valence-electron chi connectivity index (χ4n) is 8.44. The van der Waals surface area contributed by atoms with E-state index in [4.69, 9.17) is 9.97 Å². The molecule has 0 atom stereocenters. The summed E-state index contributed by atoms with van der Waals surface area (Å²) < 4.78 is 4.86. The Morgan fingerprint density at radius 2 is 0.929 bits per heavy atom. The third kappa shape index (κ3) is 5.15. The molecule has 0 saturated carbocycles. The van der Waals surface area contributed by atoms with Crippen molar-refractivity contribution in [1.29, 1.82) is 0 Å². The summed E-state index contributed by atoms with van der Waals surface area (Å²) in [6.07, 6.45) is 0. The van der Waals surface area contributed by atoms with Gasteiger partial charge in [-0.25, -0.2) is 9.97 Å². The van der Waals surface area contributed by atoms with Gasteiger partial charge in [-0.3, -0.25) is 0 Å². The van der Waals surface area contributed by atoms with Crippen LogP contribution in [0, 0.1) is 0 Å². The van der Waals surface area contributed by atoms with Crippen molar-refractivity contribution in [3.63, 3.8) is 0 Å². The van der Waals surface area contributed by atoms with Gasteiger partial charge in [0.2, 0.25) is 0 Å². The van der Waals surface area contributed by atoms with Gasteiger partial charge >= 0.3 is 0 Å².